The van der Waals surface area contributed by atoms with E-state index in [2.05, 4.69) is 15.5 Å². The lowest BCUT2D eigenvalue weighted by Crippen LogP contribution is -1.95. The number of aromatic nitrogens is 3. The van der Waals surface area contributed by atoms with Crippen LogP contribution in [-0.2, 0) is 0 Å². The van der Waals surface area contributed by atoms with E-state index in [4.69, 9.17) is 26.2 Å². The van der Waals surface area contributed by atoms with Gasteiger partial charge in [0.15, 0.2) is 11.5 Å². The van der Waals surface area contributed by atoms with Gasteiger partial charge in [-0.3, -0.25) is 10.4 Å². The number of rotatable bonds is 7. The Morgan fingerprint density at radius 3 is 2.57 bits per heavy atom. The molecule has 0 unspecified atom stereocenters. The summed E-state index contributed by atoms with van der Waals surface area (Å²) in [7, 11) is 3.23. The molecule has 2 heterocycles. The Balaban J connectivity index is 1.53. The van der Waals surface area contributed by atoms with Gasteiger partial charge >= 0.3 is 0 Å². The zero-order valence-electron chi connectivity index (χ0n) is 19.1. The SMILES string of the molecule is COc1ccc(-c2nn(-c3ccccc3)cc2/C=N\Nc2ccnc3cc(Cl)ccc23)cc1OC. The zero-order valence-corrected chi connectivity index (χ0v) is 19.9. The van der Waals surface area contributed by atoms with Crippen molar-refractivity contribution in [2.45, 2.75) is 0 Å². The summed E-state index contributed by atoms with van der Waals surface area (Å²) in [6, 6.07) is 23.1. The molecular formula is C27H22ClN5O2. The lowest BCUT2D eigenvalue weighted by atomic mass is 10.1. The molecule has 174 valence electrons. The highest BCUT2D eigenvalue weighted by Crippen LogP contribution is 2.33. The van der Waals surface area contributed by atoms with Gasteiger partial charge in [0.1, 0.15) is 5.69 Å². The van der Waals surface area contributed by atoms with Gasteiger partial charge in [0, 0.05) is 33.9 Å². The van der Waals surface area contributed by atoms with E-state index in [1.165, 1.54) is 0 Å². The van der Waals surface area contributed by atoms with E-state index < -0.39 is 0 Å². The molecule has 0 bridgehead atoms. The predicted molar refractivity (Wildman–Crippen MR) is 140 cm³/mol. The van der Waals surface area contributed by atoms with Crippen molar-refractivity contribution in [3.63, 3.8) is 0 Å². The second-order valence-electron chi connectivity index (χ2n) is 7.67. The van der Waals surface area contributed by atoms with Gasteiger partial charge in [0.2, 0.25) is 0 Å². The third-order valence-corrected chi connectivity index (χ3v) is 5.75. The fourth-order valence-electron chi connectivity index (χ4n) is 3.79. The second kappa shape index (κ2) is 9.87. The summed E-state index contributed by atoms with van der Waals surface area (Å²) in [6.07, 6.45) is 5.41. The number of anilines is 1. The molecule has 0 fully saturated rings. The number of hydrazone groups is 1. The highest BCUT2D eigenvalue weighted by atomic mass is 35.5. The third-order valence-electron chi connectivity index (χ3n) is 5.51. The fourth-order valence-corrected chi connectivity index (χ4v) is 3.96. The number of hydrogen-bond acceptors (Lipinski definition) is 6. The van der Waals surface area contributed by atoms with Crippen LogP contribution in [0, 0.1) is 0 Å². The van der Waals surface area contributed by atoms with Crippen LogP contribution >= 0.6 is 11.6 Å². The maximum atomic E-state index is 6.11. The van der Waals surface area contributed by atoms with Crippen LogP contribution in [0.4, 0.5) is 5.69 Å². The molecule has 1 N–H and O–H groups in total. The molecule has 2 aromatic heterocycles. The van der Waals surface area contributed by atoms with E-state index in [1.54, 1.807) is 26.6 Å². The van der Waals surface area contributed by atoms with Gasteiger partial charge in [-0.1, -0.05) is 29.8 Å². The van der Waals surface area contributed by atoms with Crippen molar-refractivity contribution in [2.24, 2.45) is 5.10 Å². The number of para-hydroxylation sites is 1. The predicted octanol–water partition coefficient (Wildman–Crippen LogP) is 6.20. The highest BCUT2D eigenvalue weighted by Gasteiger charge is 2.14. The molecule has 0 radical (unpaired) electrons. The van der Waals surface area contributed by atoms with Gasteiger partial charge in [-0.05, 0) is 54.6 Å². The molecule has 0 atom stereocenters. The Morgan fingerprint density at radius 1 is 0.943 bits per heavy atom. The summed E-state index contributed by atoms with van der Waals surface area (Å²) in [6.45, 7) is 0. The summed E-state index contributed by atoms with van der Waals surface area (Å²) in [5, 5.41) is 10.9. The summed E-state index contributed by atoms with van der Waals surface area (Å²) < 4.78 is 12.7. The van der Waals surface area contributed by atoms with E-state index in [1.807, 2.05) is 83.7 Å². The Kier molecular flexibility index (Phi) is 6.32. The average molecular weight is 484 g/mol. The molecule has 3 aromatic carbocycles. The Bertz CT molecular complexity index is 1520. The fraction of sp³-hybridized carbons (Fsp3) is 0.0741. The van der Waals surface area contributed by atoms with Crippen LogP contribution in [0.5, 0.6) is 11.5 Å². The summed E-state index contributed by atoms with van der Waals surface area (Å²) in [5.41, 5.74) is 8.15. The maximum absolute atomic E-state index is 6.11. The number of methoxy groups -OCH3 is 2. The number of benzene rings is 3. The maximum Gasteiger partial charge on any atom is 0.161 e. The lowest BCUT2D eigenvalue weighted by molar-refractivity contribution is 0.355. The molecule has 7 nitrogen and oxygen atoms in total. The number of fused-ring (bicyclic) bond motifs is 1. The first kappa shape index (κ1) is 22.4. The zero-order chi connectivity index (χ0) is 24.2. The van der Waals surface area contributed by atoms with E-state index in [-0.39, 0.29) is 0 Å². The summed E-state index contributed by atoms with van der Waals surface area (Å²) >= 11 is 6.11. The molecule has 0 spiro atoms. The summed E-state index contributed by atoms with van der Waals surface area (Å²) in [4.78, 5) is 4.38. The van der Waals surface area contributed by atoms with Crippen molar-refractivity contribution in [1.82, 2.24) is 14.8 Å². The normalized spacial score (nSPS) is 11.2. The minimum atomic E-state index is 0.627. The number of pyridine rings is 1. The molecule has 0 saturated carbocycles. The first-order valence-corrected chi connectivity index (χ1v) is 11.2. The topological polar surface area (TPSA) is 73.6 Å². The highest BCUT2D eigenvalue weighted by molar-refractivity contribution is 6.31. The van der Waals surface area contributed by atoms with Crippen LogP contribution < -0.4 is 14.9 Å². The van der Waals surface area contributed by atoms with E-state index in [0.717, 1.165) is 39.1 Å². The molecule has 0 aliphatic heterocycles. The third kappa shape index (κ3) is 4.67. The van der Waals surface area contributed by atoms with Crippen molar-refractivity contribution in [2.75, 3.05) is 19.6 Å². The molecule has 8 heteroatoms. The number of nitrogens with one attached hydrogen (secondary N) is 1. The van der Waals surface area contributed by atoms with Gasteiger partial charge in [-0.15, -0.1) is 0 Å². The number of ether oxygens (including phenoxy) is 2. The van der Waals surface area contributed by atoms with Crippen LogP contribution in [0.25, 0.3) is 27.8 Å². The molecule has 0 aliphatic carbocycles. The lowest BCUT2D eigenvalue weighted by Gasteiger charge is -2.09. The van der Waals surface area contributed by atoms with E-state index in [9.17, 15) is 0 Å². The van der Waals surface area contributed by atoms with Crippen LogP contribution in [0.1, 0.15) is 5.56 Å². The Labute approximate surface area is 207 Å². The van der Waals surface area contributed by atoms with E-state index in [0.29, 0.717) is 16.5 Å². The van der Waals surface area contributed by atoms with Crippen molar-refractivity contribution < 1.29 is 9.47 Å². The monoisotopic (exact) mass is 483 g/mol. The van der Waals surface area contributed by atoms with Crippen LogP contribution in [0.15, 0.2) is 90.3 Å². The van der Waals surface area contributed by atoms with Crippen molar-refractivity contribution in [1.29, 1.82) is 0 Å². The molecular weight excluding hydrogens is 462 g/mol. The molecule has 0 amide bonds. The minimum absolute atomic E-state index is 0.627. The smallest absolute Gasteiger partial charge is 0.161 e. The van der Waals surface area contributed by atoms with Gasteiger partial charge in [0.05, 0.1) is 37.3 Å². The first-order valence-electron chi connectivity index (χ1n) is 10.9. The van der Waals surface area contributed by atoms with Crippen molar-refractivity contribution in [3.8, 4) is 28.4 Å². The van der Waals surface area contributed by atoms with Crippen molar-refractivity contribution in [3.05, 3.63) is 95.8 Å². The number of halogens is 1. The van der Waals surface area contributed by atoms with Crippen LogP contribution in [-0.4, -0.2) is 35.2 Å². The molecule has 0 aliphatic rings. The van der Waals surface area contributed by atoms with Crippen molar-refractivity contribution >= 4 is 34.4 Å². The average Bonchev–Trinajstić information content (AvgIpc) is 3.33. The second-order valence-corrected chi connectivity index (χ2v) is 8.11. The summed E-state index contributed by atoms with van der Waals surface area (Å²) in [5.74, 6) is 1.28. The van der Waals surface area contributed by atoms with E-state index >= 15 is 0 Å². The van der Waals surface area contributed by atoms with Gasteiger partial charge in [-0.2, -0.15) is 10.2 Å². The standard InChI is InChI=1S/C27H22ClN5O2/c1-34-25-11-8-18(14-26(25)35-2)27-19(17-33(32-27)21-6-4-3-5-7-21)16-30-31-23-12-13-29-24-15-20(28)9-10-22(23)24/h3-17H,1-2H3,(H,29,31)/b30-16-. The minimum Gasteiger partial charge on any atom is -0.493 e. The first-order chi connectivity index (χ1) is 17.2. The quantitative estimate of drug-likeness (QED) is 0.220. The van der Waals surface area contributed by atoms with Gasteiger partial charge < -0.3 is 9.47 Å². The molecule has 5 aromatic rings. The number of nitrogens with zero attached hydrogens (tertiary/aromatic N) is 4. The number of hydrogen-bond donors (Lipinski definition) is 1. The van der Waals surface area contributed by atoms with Gasteiger partial charge in [-0.25, -0.2) is 4.68 Å². The Hall–Kier alpha value is -4.36. The van der Waals surface area contributed by atoms with Crippen LogP contribution in [0.3, 0.4) is 0 Å². The Morgan fingerprint density at radius 2 is 1.77 bits per heavy atom. The van der Waals surface area contributed by atoms with Crippen LogP contribution in [0.2, 0.25) is 5.02 Å². The molecule has 5 rings (SSSR count). The molecule has 0 saturated heterocycles. The largest absolute Gasteiger partial charge is 0.493 e. The van der Waals surface area contributed by atoms with Gasteiger partial charge in [0.25, 0.3) is 0 Å². The molecule has 35 heavy (non-hydrogen) atoms.